The molecule has 3 nitrogen and oxygen atoms in total. The van der Waals surface area contributed by atoms with Gasteiger partial charge in [0.25, 0.3) is 0 Å². The van der Waals surface area contributed by atoms with Gasteiger partial charge < -0.3 is 10.1 Å². The third kappa shape index (κ3) is 2.03. The summed E-state index contributed by atoms with van der Waals surface area (Å²) in [4.78, 5) is 11.2. The number of carbonyl (C=O) groups is 1. The maximum absolute atomic E-state index is 11.2. The SMILES string of the molecule is CCOC(=O)C1(CCl)CNC1.Cl. The topological polar surface area (TPSA) is 38.3 Å². The molecule has 1 heterocycles. The van der Waals surface area contributed by atoms with Crippen LogP contribution in [0, 0.1) is 5.41 Å². The van der Waals surface area contributed by atoms with E-state index in [2.05, 4.69) is 5.32 Å². The second-order valence-electron chi connectivity index (χ2n) is 2.74. The third-order valence-electron chi connectivity index (χ3n) is 1.89. The fourth-order valence-electron chi connectivity index (χ4n) is 1.00. The predicted octanol–water partition coefficient (Wildman–Crippen LogP) is 0.800. The van der Waals surface area contributed by atoms with Gasteiger partial charge in [0.1, 0.15) is 5.41 Å². The van der Waals surface area contributed by atoms with Crippen LogP contribution in [0.4, 0.5) is 0 Å². The molecular weight excluding hydrogens is 201 g/mol. The van der Waals surface area contributed by atoms with E-state index in [-0.39, 0.29) is 18.4 Å². The van der Waals surface area contributed by atoms with E-state index in [0.29, 0.717) is 25.6 Å². The van der Waals surface area contributed by atoms with E-state index in [9.17, 15) is 4.79 Å². The first-order chi connectivity index (χ1) is 5.25. The van der Waals surface area contributed by atoms with Crippen LogP contribution < -0.4 is 5.32 Å². The van der Waals surface area contributed by atoms with Gasteiger partial charge in [-0.3, -0.25) is 4.79 Å². The van der Waals surface area contributed by atoms with Gasteiger partial charge in [-0.15, -0.1) is 24.0 Å². The number of hydrogen-bond acceptors (Lipinski definition) is 3. The molecule has 0 spiro atoms. The van der Waals surface area contributed by atoms with Crippen molar-refractivity contribution in [1.29, 1.82) is 0 Å². The van der Waals surface area contributed by atoms with Crippen molar-refractivity contribution < 1.29 is 9.53 Å². The van der Waals surface area contributed by atoms with E-state index in [1.54, 1.807) is 6.92 Å². The predicted molar refractivity (Wildman–Crippen MR) is 49.9 cm³/mol. The van der Waals surface area contributed by atoms with Crippen LogP contribution in [0.3, 0.4) is 0 Å². The lowest BCUT2D eigenvalue weighted by Crippen LogP contribution is -2.59. The van der Waals surface area contributed by atoms with Crippen LogP contribution in [0.5, 0.6) is 0 Å². The average molecular weight is 214 g/mol. The van der Waals surface area contributed by atoms with Crippen LogP contribution in [-0.4, -0.2) is 31.5 Å². The number of ether oxygens (including phenoxy) is 1. The van der Waals surface area contributed by atoms with Gasteiger partial charge in [-0.05, 0) is 6.92 Å². The number of rotatable bonds is 3. The molecule has 0 radical (unpaired) electrons. The van der Waals surface area contributed by atoms with Crippen molar-refractivity contribution in [3.63, 3.8) is 0 Å². The standard InChI is InChI=1S/C7H12ClNO2.ClH/c1-2-11-6(10)7(3-8)4-9-5-7;/h9H,2-5H2,1H3;1H. The molecule has 1 N–H and O–H groups in total. The molecule has 0 aromatic rings. The van der Waals surface area contributed by atoms with Crippen molar-refractivity contribution in [3.05, 3.63) is 0 Å². The van der Waals surface area contributed by atoms with Crippen molar-refractivity contribution in [2.75, 3.05) is 25.6 Å². The van der Waals surface area contributed by atoms with Gasteiger partial charge in [0.05, 0.1) is 6.61 Å². The Morgan fingerprint density at radius 3 is 2.50 bits per heavy atom. The molecule has 0 unspecified atom stereocenters. The molecule has 0 aliphatic carbocycles. The van der Waals surface area contributed by atoms with E-state index in [1.807, 2.05) is 0 Å². The summed E-state index contributed by atoms with van der Waals surface area (Å²) < 4.78 is 4.88. The lowest BCUT2D eigenvalue weighted by Gasteiger charge is -2.38. The van der Waals surface area contributed by atoms with E-state index in [4.69, 9.17) is 16.3 Å². The molecule has 12 heavy (non-hydrogen) atoms. The Morgan fingerprint density at radius 1 is 1.67 bits per heavy atom. The van der Waals surface area contributed by atoms with Gasteiger partial charge in [-0.2, -0.15) is 0 Å². The summed E-state index contributed by atoms with van der Waals surface area (Å²) in [5.74, 6) is 0.174. The molecule has 0 saturated carbocycles. The van der Waals surface area contributed by atoms with E-state index < -0.39 is 5.41 Å². The van der Waals surface area contributed by atoms with Gasteiger partial charge in [0, 0.05) is 19.0 Å². The fourth-order valence-corrected chi connectivity index (χ4v) is 1.30. The number of carbonyl (C=O) groups excluding carboxylic acids is 1. The zero-order valence-electron chi connectivity index (χ0n) is 6.93. The lowest BCUT2D eigenvalue weighted by molar-refractivity contribution is -0.156. The Balaban J connectivity index is 0.00000121. The van der Waals surface area contributed by atoms with E-state index in [1.165, 1.54) is 0 Å². The van der Waals surface area contributed by atoms with Gasteiger partial charge in [-0.1, -0.05) is 0 Å². The molecule has 1 rings (SSSR count). The monoisotopic (exact) mass is 213 g/mol. The van der Waals surface area contributed by atoms with Crippen molar-refractivity contribution >= 4 is 30.0 Å². The summed E-state index contributed by atoms with van der Waals surface area (Å²) in [5.41, 5.74) is -0.433. The van der Waals surface area contributed by atoms with Gasteiger partial charge >= 0.3 is 5.97 Å². The zero-order chi connectivity index (χ0) is 8.32. The Morgan fingerprint density at radius 2 is 2.25 bits per heavy atom. The van der Waals surface area contributed by atoms with E-state index >= 15 is 0 Å². The van der Waals surface area contributed by atoms with Gasteiger partial charge in [-0.25, -0.2) is 0 Å². The summed E-state index contributed by atoms with van der Waals surface area (Å²) in [6.07, 6.45) is 0. The average Bonchev–Trinajstić information content (AvgIpc) is 1.87. The van der Waals surface area contributed by atoms with Crippen LogP contribution in [0.1, 0.15) is 6.92 Å². The summed E-state index contributed by atoms with van der Waals surface area (Å²) >= 11 is 5.65. The summed E-state index contributed by atoms with van der Waals surface area (Å²) in [5, 5.41) is 3.01. The molecule has 72 valence electrons. The summed E-state index contributed by atoms with van der Waals surface area (Å²) in [7, 11) is 0. The quantitative estimate of drug-likeness (QED) is 0.557. The number of halogens is 2. The molecule has 1 aliphatic heterocycles. The van der Waals surface area contributed by atoms with Gasteiger partial charge in [0.2, 0.25) is 0 Å². The minimum Gasteiger partial charge on any atom is -0.465 e. The smallest absolute Gasteiger partial charge is 0.315 e. The van der Waals surface area contributed by atoms with Crippen molar-refractivity contribution in [2.24, 2.45) is 5.41 Å². The van der Waals surface area contributed by atoms with Crippen LogP contribution in [0.15, 0.2) is 0 Å². The van der Waals surface area contributed by atoms with Gasteiger partial charge in [0.15, 0.2) is 0 Å². The molecule has 5 heteroatoms. The normalized spacial score (nSPS) is 18.8. The highest BCUT2D eigenvalue weighted by Crippen LogP contribution is 2.25. The first kappa shape index (κ1) is 12.0. The van der Waals surface area contributed by atoms with Crippen molar-refractivity contribution in [2.45, 2.75) is 6.92 Å². The van der Waals surface area contributed by atoms with E-state index in [0.717, 1.165) is 0 Å². The molecule has 0 atom stereocenters. The molecule has 0 amide bonds. The fraction of sp³-hybridized carbons (Fsp3) is 0.857. The summed E-state index contributed by atoms with van der Waals surface area (Å²) in [6, 6.07) is 0. The highest BCUT2D eigenvalue weighted by atomic mass is 35.5. The third-order valence-corrected chi connectivity index (χ3v) is 2.40. The highest BCUT2D eigenvalue weighted by Gasteiger charge is 2.44. The number of alkyl halides is 1. The molecule has 0 aromatic carbocycles. The zero-order valence-corrected chi connectivity index (χ0v) is 8.50. The second-order valence-corrected chi connectivity index (χ2v) is 3.01. The molecule has 1 fully saturated rings. The highest BCUT2D eigenvalue weighted by molar-refractivity contribution is 6.20. The first-order valence-electron chi connectivity index (χ1n) is 3.69. The largest absolute Gasteiger partial charge is 0.465 e. The summed E-state index contributed by atoms with van der Waals surface area (Å²) in [6.45, 7) is 3.52. The molecule has 1 aliphatic rings. The molecule has 1 saturated heterocycles. The van der Waals surface area contributed by atoms with Crippen LogP contribution in [0.2, 0.25) is 0 Å². The Hall–Kier alpha value is 0.01000. The molecule has 0 aromatic heterocycles. The maximum Gasteiger partial charge on any atom is 0.315 e. The minimum atomic E-state index is -0.433. The second kappa shape index (κ2) is 4.90. The lowest BCUT2D eigenvalue weighted by atomic mass is 9.84. The van der Waals surface area contributed by atoms with Crippen LogP contribution in [-0.2, 0) is 9.53 Å². The Labute approximate surface area is 83.2 Å². The van der Waals surface area contributed by atoms with Crippen LogP contribution in [0.25, 0.3) is 0 Å². The van der Waals surface area contributed by atoms with Crippen LogP contribution >= 0.6 is 24.0 Å². The number of nitrogens with one attached hydrogen (secondary N) is 1. The minimum absolute atomic E-state index is 0. The Kier molecular flexibility index (Phi) is 4.90. The van der Waals surface area contributed by atoms with Crippen molar-refractivity contribution in [3.8, 4) is 0 Å². The first-order valence-corrected chi connectivity index (χ1v) is 4.22. The maximum atomic E-state index is 11.2. The molecular formula is C7H13Cl2NO2. The number of esters is 1. The Bertz CT molecular complexity index is 154. The van der Waals surface area contributed by atoms with Crippen molar-refractivity contribution in [1.82, 2.24) is 5.32 Å². The number of hydrogen-bond donors (Lipinski definition) is 1. The molecule has 0 bridgehead atoms.